The normalized spacial score (nSPS) is 13.6. The molecule has 150 valence electrons. The van der Waals surface area contributed by atoms with Crippen LogP contribution in [0.2, 0.25) is 0 Å². The summed E-state index contributed by atoms with van der Waals surface area (Å²) >= 11 is 4.24. The first-order chi connectivity index (χ1) is 13.0. The van der Waals surface area contributed by atoms with Gasteiger partial charge in [-0.3, -0.25) is 8.74 Å². The van der Waals surface area contributed by atoms with Gasteiger partial charge in [-0.05, 0) is 43.9 Å². The maximum Gasteiger partial charge on any atom is 0.266 e. The fourth-order valence-corrected chi connectivity index (χ4v) is 3.32. The van der Waals surface area contributed by atoms with Crippen molar-refractivity contribution in [3.63, 3.8) is 0 Å². The number of aryl methyl sites for hydroxylation is 1. The Hall–Kier alpha value is -1.32. The van der Waals surface area contributed by atoms with Gasteiger partial charge in [-0.15, -0.1) is 0 Å². The second-order valence-electron chi connectivity index (χ2n) is 6.30. The van der Waals surface area contributed by atoms with Crippen molar-refractivity contribution in [2.24, 2.45) is 0 Å². The summed E-state index contributed by atoms with van der Waals surface area (Å²) in [5, 5.41) is 4.35. The molecule has 1 aromatic heterocycles. The minimum atomic E-state index is -3.51. The minimum absolute atomic E-state index is 0.135. The lowest BCUT2D eigenvalue weighted by Gasteiger charge is -2.10. The van der Waals surface area contributed by atoms with Crippen LogP contribution in [-0.2, 0) is 30.8 Å². The molecule has 0 bridgehead atoms. The molecule has 0 spiro atoms. The molecule has 0 aliphatic rings. The number of fused-ring (bicyclic) bond motifs is 1. The van der Waals surface area contributed by atoms with Gasteiger partial charge in [0.1, 0.15) is 0 Å². The summed E-state index contributed by atoms with van der Waals surface area (Å²) in [6.45, 7) is 4.28. The van der Waals surface area contributed by atoms with E-state index in [4.69, 9.17) is 9.29 Å². The van der Waals surface area contributed by atoms with Crippen LogP contribution >= 0.6 is 0 Å². The minimum Gasteiger partial charge on any atom is -0.478 e. The molecule has 1 heterocycles. The van der Waals surface area contributed by atoms with Gasteiger partial charge >= 0.3 is 0 Å². The number of aromatic nitrogens is 1. The highest BCUT2D eigenvalue weighted by molar-refractivity contribution is 8.27. The Morgan fingerprint density at radius 3 is 2.78 bits per heavy atom. The molecule has 0 radical (unpaired) electrons. The van der Waals surface area contributed by atoms with Crippen molar-refractivity contribution >= 4 is 31.1 Å². The van der Waals surface area contributed by atoms with E-state index in [0.29, 0.717) is 19.0 Å². The molecule has 6 nitrogen and oxygen atoms in total. The second-order valence-corrected chi connectivity index (χ2v) is 8.65. The van der Waals surface area contributed by atoms with Gasteiger partial charge in [0.2, 0.25) is 5.88 Å². The van der Waals surface area contributed by atoms with E-state index in [2.05, 4.69) is 44.7 Å². The Kier molecular flexibility index (Phi) is 9.36. The Labute approximate surface area is 166 Å². The smallest absolute Gasteiger partial charge is 0.266 e. The first-order valence-electron chi connectivity index (χ1n) is 9.33. The van der Waals surface area contributed by atoms with E-state index in [0.717, 1.165) is 44.2 Å². The molecule has 0 saturated carbocycles. The summed E-state index contributed by atoms with van der Waals surface area (Å²) in [7, 11) is -3.51. The third kappa shape index (κ3) is 8.49. The van der Waals surface area contributed by atoms with Crippen molar-refractivity contribution in [3.8, 4) is 5.88 Å². The number of hydrogen-bond acceptors (Lipinski definition) is 6. The summed E-state index contributed by atoms with van der Waals surface area (Å²) in [6.07, 6.45) is 5.09. The number of ether oxygens (including phenoxy) is 1. The van der Waals surface area contributed by atoms with Gasteiger partial charge in [0.15, 0.2) is 0 Å². The lowest BCUT2D eigenvalue weighted by atomic mass is 10.1. The predicted molar refractivity (Wildman–Crippen MR) is 112 cm³/mol. The molecule has 2 rings (SSSR count). The van der Waals surface area contributed by atoms with Gasteiger partial charge in [0.25, 0.3) is 9.05 Å². The molecule has 1 atom stereocenters. The lowest BCUT2D eigenvalue weighted by molar-refractivity contribution is 0.291. The van der Waals surface area contributed by atoms with Crippen LogP contribution in [0.5, 0.6) is 5.88 Å². The summed E-state index contributed by atoms with van der Waals surface area (Å²) in [6, 6.07) is 10.2. The van der Waals surface area contributed by atoms with Crippen LogP contribution in [0, 0.1) is 0 Å². The topological polar surface area (TPSA) is 80.7 Å². The number of nitrogens with zero attached hydrogens (tertiary/aromatic N) is 1. The van der Waals surface area contributed by atoms with Crippen LogP contribution in [0.15, 0.2) is 30.3 Å². The van der Waals surface area contributed by atoms with Crippen molar-refractivity contribution in [2.75, 3.05) is 26.3 Å². The first-order valence-corrected chi connectivity index (χ1v) is 11.7. The zero-order valence-corrected chi connectivity index (χ0v) is 17.3. The summed E-state index contributed by atoms with van der Waals surface area (Å²) in [4.78, 5) is 4.60. The number of rotatable bonds is 13. The number of hydrogen-bond donors (Lipinski definition) is 2. The molecule has 0 aliphatic carbocycles. The highest BCUT2D eigenvalue weighted by Crippen LogP contribution is 2.23. The van der Waals surface area contributed by atoms with Crippen LogP contribution < -0.4 is 10.1 Å². The van der Waals surface area contributed by atoms with Crippen LogP contribution in [0.25, 0.3) is 10.9 Å². The molecule has 2 N–H and O–H groups in total. The Morgan fingerprint density at radius 2 is 2.00 bits per heavy atom. The number of pyridine rings is 1. The van der Waals surface area contributed by atoms with Crippen LogP contribution in [0.1, 0.15) is 38.2 Å². The molecule has 0 fully saturated rings. The van der Waals surface area contributed by atoms with Crippen LogP contribution in [0.3, 0.4) is 0 Å². The van der Waals surface area contributed by atoms with E-state index in [1.807, 2.05) is 18.2 Å². The fraction of sp³-hybridized carbons (Fsp3) is 0.526. The van der Waals surface area contributed by atoms with Gasteiger partial charge in [-0.1, -0.05) is 31.5 Å². The van der Waals surface area contributed by atoms with E-state index < -0.39 is 9.05 Å². The zero-order valence-electron chi connectivity index (χ0n) is 15.7. The molecule has 0 saturated heterocycles. The fourth-order valence-electron chi connectivity index (χ4n) is 2.82. The summed E-state index contributed by atoms with van der Waals surface area (Å²) < 4.78 is 30.0. The second kappa shape index (κ2) is 11.5. The third-order valence-corrected chi connectivity index (χ3v) is 4.81. The maximum atomic E-state index is 10.7. The monoisotopic (exact) mass is 412 g/mol. The van der Waals surface area contributed by atoms with Gasteiger partial charge in [-0.2, -0.15) is 4.21 Å². The van der Waals surface area contributed by atoms with E-state index >= 15 is 0 Å². The van der Waals surface area contributed by atoms with Gasteiger partial charge in [-0.25, -0.2) is 4.98 Å². The number of nitrogens with one attached hydrogen (secondary N) is 1. The number of benzene rings is 1. The summed E-state index contributed by atoms with van der Waals surface area (Å²) in [5.74, 6) is 0.698. The third-order valence-electron chi connectivity index (χ3n) is 4.06. The maximum absolute atomic E-state index is 10.7. The average molecular weight is 413 g/mol. The first kappa shape index (κ1) is 22.0. The van der Waals surface area contributed by atoms with Crippen molar-refractivity contribution in [1.82, 2.24) is 10.3 Å². The van der Waals surface area contributed by atoms with Crippen molar-refractivity contribution in [3.05, 3.63) is 35.9 Å². The molecule has 0 aliphatic heterocycles. The van der Waals surface area contributed by atoms with Crippen molar-refractivity contribution in [1.29, 1.82) is 0 Å². The van der Waals surface area contributed by atoms with Crippen molar-refractivity contribution in [2.45, 2.75) is 39.0 Å². The molecule has 0 amide bonds. The standard InChI is InChI=1S/C19H28N2O4S2/c1-2-8-16-15-19(21-18-10-5-4-9-17(16)18)24-13-7-3-6-11-20-12-14-25-27(22,23)26/h4-5,9-10,15,20H,2-3,6-8,11-14H2,1H3,(H,22,23,26). The Balaban J connectivity index is 1.66. The quantitative estimate of drug-likeness (QED) is 0.488. The largest absolute Gasteiger partial charge is 0.478 e. The molecule has 8 heteroatoms. The lowest BCUT2D eigenvalue weighted by Crippen LogP contribution is -2.22. The van der Waals surface area contributed by atoms with Crippen LogP contribution in [0.4, 0.5) is 0 Å². The Morgan fingerprint density at radius 1 is 1.19 bits per heavy atom. The molecule has 2 aromatic rings. The molecule has 1 unspecified atom stereocenters. The molecular weight excluding hydrogens is 384 g/mol. The molecule has 27 heavy (non-hydrogen) atoms. The van der Waals surface area contributed by atoms with Crippen molar-refractivity contribution < 1.29 is 17.7 Å². The van der Waals surface area contributed by atoms with E-state index in [-0.39, 0.29) is 6.61 Å². The highest BCUT2D eigenvalue weighted by atomic mass is 32.9. The SMILES string of the molecule is CCCc1cc(OCCCCCNCCOS(=O)(O)=S)nc2ccccc12. The average Bonchev–Trinajstić information content (AvgIpc) is 2.62. The zero-order chi connectivity index (χ0) is 19.5. The highest BCUT2D eigenvalue weighted by Gasteiger charge is 2.06. The molecular formula is C19H28N2O4S2. The van der Waals surface area contributed by atoms with Gasteiger partial charge < -0.3 is 10.1 Å². The Bertz CT molecular complexity index is 812. The van der Waals surface area contributed by atoms with E-state index in [1.165, 1.54) is 10.9 Å². The van der Waals surface area contributed by atoms with E-state index in [9.17, 15) is 4.21 Å². The number of unbranched alkanes of at least 4 members (excludes halogenated alkanes) is 2. The van der Waals surface area contributed by atoms with Gasteiger partial charge in [0.05, 0.1) is 18.7 Å². The van der Waals surface area contributed by atoms with Gasteiger partial charge in [0, 0.05) is 29.2 Å². The summed E-state index contributed by atoms with van der Waals surface area (Å²) in [5.41, 5.74) is 2.27. The molecule has 1 aromatic carbocycles. The predicted octanol–water partition coefficient (Wildman–Crippen LogP) is 3.48. The van der Waals surface area contributed by atoms with E-state index in [1.54, 1.807) is 0 Å². The number of para-hydroxylation sites is 1. The van der Waals surface area contributed by atoms with Crippen LogP contribution in [-0.4, -0.2) is 40.0 Å².